The van der Waals surface area contributed by atoms with Crippen LogP contribution in [-0.4, -0.2) is 12.2 Å². The number of benzene rings is 1. The van der Waals surface area contributed by atoms with Crippen molar-refractivity contribution < 1.29 is 9.84 Å². The van der Waals surface area contributed by atoms with Gasteiger partial charge >= 0.3 is 0 Å². The predicted molar refractivity (Wildman–Crippen MR) is 53.2 cm³/mol. The molecule has 1 aromatic carbocycles. The number of aromatic hydroxyl groups is 1. The van der Waals surface area contributed by atoms with Crippen LogP contribution in [0.15, 0.2) is 18.2 Å². The molecule has 0 aliphatic carbocycles. The zero-order valence-electron chi connectivity index (χ0n) is 8.37. The van der Waals surface area contributed by atoms with Crippen LogP contribution in [0.4, 0.5) is 0 Å². The summed E-state index contributed by atoms with van der Waals surface area (Å²) in [4.78, 5) is 0. The third-order valence-electron chi connectivity index (χ3n) is 1.89. The molecule has 0 aromatic heterocycles. The van der Waals surface area contributed by atoms with Gasteiger partial charge in [0.05, 0.1) is 7.11 Å². The molecule has 0 heterocycles. The van der Waals surface area contributed by atoms with E-state index in [9.17, 15) is 5.11 Å². The molecule has 1 N–H and O–H groups in total. The maximum absolute atomic E-state index is 9.29. The fraction of sp³-hybridized carbons (Fsp3) is 0.455. The molecule has 72 valence electrons. The molecule has 1 rings (SSSR count). The van der Waals surface area contributed by atoms with Gasteiger partial charge in [0.15, 0.2) is 0 Å². The number of methoxy groups -OCH3 is 1. The average Bonchev–Trinajstić information content (AvgIpc) is 2.03. The van der Waals surface area contributed by atoms with E-state index in [2.05, 4.69) is 13.8 Å². The third kappa shape index (κ3) is 2.65. The molecule has 13 heavy (non-hydrogen) atoms. The highest BCUT2D eigenvalue weighted by Gasteiger charge is 2.05. The fourth-order valence-corrected chi connectivity index (χ4v) is 1.36. The van der Waals surface area contributed by atoms with Crippen LogP contribution in [0, 0.1) is 5.92 Å². The van der Waals surface area contributed by atoms with Crippen molar-refractivity contribution in [2.45, 2.75) is 20.3 Å². The molecule has 0 atom stereocenters. The first-order valence-electron chi connectivity index (χ1n) is 4.49. The second-order valence-electron chi connectivity index (χ2n) is 3.59. The first-order valence-corrected chi connectivity index (χ1v) is 4.49. The highest BCUT2D eigenvalue weighted by molar-refractivity contribution is 5.39. The average molecular weight is 180 g/mol. The molecule has 0 saturated carbocycles. The van der Waals surface area contributed by atoms with E-state index in [1.807, 2.05) is 0 Å². The molecule has 0 saturated heterocycles. The lowest BCUT2D eigenvalue weighted by atomic mass is 10.0. The van der Waals surface area contributed by atoms with Gasteiger partial charge in [0.1, 0.15) is 11.5 Å². The van der Waals surface area contributed by atoms with Crippen LogP contribution in [0.1, 0.15) is 19.4 Å². The van der Waals surface area contributed by atoms with Gasteiger partial charge in [-0.1, -0.05) is 13.8 Å². The molecule has 0 radical (unpaired) electrons. The van der Waals surface area contributed by atoms with Crippen molar-refractivity contribution in [3.8, 4) is 11.5 Å². The van der Waals surface area contributed by atoms with Crippen molar-refractivity contribution in [3.63, 3.8) is 0 Å². The summed E-state index contributed by atoms with van der Waals surface area (Å²) in [5.74, 6) is 1.72. The van der Waals surface area contributed by atoms with Gasteiger partial charge in [-0.2, -0.15) is 0 Å². The standard InChI is InChI=1S/C11H16O2/c1-8(2)6-9-7-10(12)4-5-11(9)13-3/h4-5,7-8,12H,6H2,1-3H3. The molecule has 2 heteroatoms. The second kappa shape index (κ2) is 4.17. The summed E-state index contributed by atoms with van der Waals surface area (Å²) >= 11 is 0. The molecule has 0 aliphatic rings. The van der Waals surface area contributed by atoms with Gasteiger partial charge in [0.25, 0.3) is 0 Å². The summed E-state index contributed by atoms with van der Waals surface area (Å²) in [6, 6.07) is 5.20. The maximum atomic E-state index is 9.29. The highest BCUT2D eigenvalue weighted by atomic mass is 16.5. The molecule has 0 aliphatic heterocycles. The number of ether oxygens (including phenoxy) is 1. The number of hydrogen-bond donors (Lipinski definition) is 1. The quantitative estimate of drug-likeness (QED) is 0.774. The first-order chi connectivity index (χ1) is 6.13. The Kier molecular flexibility index (Phi) is 3.18. The summed E-state index contributed by atoms with van der Waals surface area (Å²) in [6.45, 7) is 4.28. The van der Waals surface area contributed by atoms with E-state index in [4.69, 9.17) is 4.74 Å². The zero-order valence-corrected chi connectivity index (χ0v) is 8.37. The molecule has 1 aromatic rings. The van der Waals surface area contributed by atoms with Gasteiger partial charge in [-0.15, -0.1) is 0 Å². The Morgan fingerprint density at radius 2 is 2.08 bits per heavy atom. The minimum atomic E-state index is 0.302. The minimum absolute atomic E-state index is 0.302. The van der Waals surface area contributed by atoms with Gasteiger partial charge in [-0.05, 0) is 36.1 Å². The zero-order chi connectivity index (χ0) is 9.84. The topological polar surface area (TPSA) is 29.5 Å². The van der Waals surface area contributed by atoms with Crippen LogP contribution in [-0.2, 0) is 6.42 Å². The number of phenolic OH excluding ortho intramolecular Hbond substituents is 1. The van der Waals surface area contributed by atoms with E-state index in [-0.39, 0.29) is 0 Å². The summed E-state index contributed by atoms with van der Waals surface area (Å²) in [5, 5.41) is 9.29. The number of hydrogen-bond acceptors (Lipinski definition) is 2. The molecule has 0 bridgehead atoms. The van der Waals surface area contributed by atoms with E-state index in [1.165, 1.54) is 0 Å². The molecular weight excluding hydrogens is 164 g/mol. The van der Waals surface area contributed by atoms with Crippen LogP contribution >= 0.6 is 0 Å². The monoisotopic (exact) mass is 180 g/mol. The van der Waals surface area contributed by atoms with Crippen LogP contribution < -0.4 is 4.74 Å². The van der Waals surface area contributed by atoms with Crippen LogP contribution in [0.3, 0.4) is 0 Å². The summed E-state index contributed by atoms with van der Waals surface area (Å²) in [7, 11) is 1.65. The highest BCUT2D eigenvalue weighted by Crippen LogP contribution is 2.25. The van der Waals surface area contributed by atoms with Crippen LogP contribution in [0.5, 0.6) is 11.5 Å². The molecular formula is C11H16O2. The lowest BCUT2D eigenvalue weighted by Gasteiger charge is -2.10. The van der Waals surface area contributed by atoms with E-state index in [0.29, 0.717) is 11.7 Å². The predicted octanol–water partition coefficient (Wildman–Crippen LogP) is 2.60. The number of rotatable bonds is 3. The first kappa shape index (κ1) is 9.90. The van der Waals surface area contributed by atoms with Crippen molar-refractivity contribution in [3.05, 3.63) is 23.8 Å². The molecule has 2 nitrogen and oxygen atoms in total. The Balaban J connectivity index is 2.94. The Bertz CT molecular complexity index is 279. The maximum Gasteiger partial charge on any atom is 0.122 e. The SMILES string of the molecule is COc1ccc(O)cc1CC(C)C. The van der Waals surface area contributed by atoms with Crippen molar-refractivity contribution in [1.29, 1.82) is 0 Å². The summed E-state index contributed by atoms with van der Waals surface area (Å²) in [6.07, 6.45) is 0.928. The van der Waals surface area contributed by atoms with E-state index >= 15 is 0 Å². The molecule has 0 amide bonds. The van der Waals surface area contributed by atoms with Crippen molar-refractivity contribution in [1.82, 2.24) is 0 Å². The Morgan fingerprint density at radius 3 is 2.62 bits per heavy atom. The smallest absolute Gasteiger partial charge is 0.122 e. The minimum Gasteiger partial charge on any atom is -0.508 e. The summed E-state index contributed by atoms with van der Waals surface area (Å²) < 4.78 is 5.19. The van der Waals surface area contributed by atoms with Gasteiger partial charge < -0.3 is 9.84 Å². The van der Waals surface area contributed by atoms with Gasteiger partial charge in [0, 0.05) is 0 Å². The van der Waals surface area contributed by atoms with Crippen LogP contribution in [0.25, 0.3) is 0 Å². The lowest BCUT2D eigenvalue weighted by molar-refractivity contribution is 0.403. The summed E-state index contributed by atoms with van der Waals surface area (Å²) in [5.41, 5.74) is 1.07. The normalized spacial score (nSPS) is 10.5. The van der Waals surface area contributed by atoms with Crippen molar-refractivity contribution >= 4 is 0 Å². The van der Waals surface area contributed by atoms with Crippen molar-refractivity contribution in [2.24, 2.45) is 5.92 Å². The largest absolute Gasteiger partial charge is 0.508 e. The van der Waals surface area contributed by atoms with Crippen molar-refractivity contribution in [2.75, 3.05) is 7.11 Å². The fourth-order valence-electron chi connectivity index (χ4n) is 1.36. The van der Waals surface area contributed by atoms with Gasteiger partial charge in [0.2, 0.25) is 0 Å². The lowest BCUT2D eigenvalue weighted by Crippen LogP contribution is -1.97. The Hall–Kier alpha value is -1.18. The molecule has 0 fully saturated rings. The van der Waals surface area contributed by atoms with E-state index in [1.54, 1.807) is 25.3 Å². The van der Waals surface area contributed by atoms with Crippen LogP contribution in [0.2, 0.25) is 0 Å². The van der Waals surface area contributed by atoms with E-state index < -0.39 is 0 Å². The number of phenols is 1. The third-order valence-corrected chi connectivity index (χ3v) is 1.89. The second-order valence-corrected chi connectivity index (χ2v) is 3.59. The van der Waals surface area contributed by atoms with Gasteiger partial charge in [-0.3, -0.25) is 0 Å². The van der Waals surface area contributed by atoms with E-state index in [0.717, 1.165) is 17.7 Å². The Labute approximate surface area is 79.2 Å². The molecule has 0 spiro atoms. The Morgan fingerprint density at radius 1 is 1.38 bits per heavy atom. The van der Waals surface area contributed by atoms with Gasteiger partial charge in [-0.25, -0.2) is 0 Å². The molecule has 0 unspecified atom stereocenters.